The second kappa shape index (κ2) is 11.3. The Morgan fingerprint density at radius 3 is 2.47 bits per heavy atom. The molecule has 1 aromatic carbocycles. The van der Waals surface area contributed by atoms with Crippen LogP contribution in [0.2, 0.25) is 5.02 Å². The van der Waals surface area contributed by atoms with Gasteiger partial charge in [-0.3, -0.25) is 20.4 Å². The van der Waals surface area contributed by atoms with Crippen molar-refractivity contribution >= 4 is 23.4 Å². The number of methoxy groups -OCH3 is 1. The number of carbonyl (C=O) groups excluding carboxylic acids is 2. The van der Waals surface area contributed by atoms with Crippen LogP contribution in [0, 0.1) is 5.92 Å². The first-order chi connectivity index (χ1) is 14.3. The van der Waals surface area contributed by atoms with Crippen molar-refractivity contribution < 1.29 is 23.8 Å². The predicted octanol–water partition coefficient (Wildman–Crippen LogP) is 3.64. The summed E-state index contributed by atoms with van der Waals surface area (Å²) in [6.07, 6.45) is 0.901. The molecule has 162 valence electrons. The molecule has 9 heteroatoms. The summed E-state index contributed by atoms with van der Waals surface area (Å²) in [5.41, 5.74) is 4.85. The van der Waals surface area contributed by atoms with Gasteiger partial charge in [0.05, 0.1) is 25.3 Å². The summed E-state index contributed by atoms with van der Waals surface area (Å²) in [5, 5.41) is 0.134. The van der Waals surface area contributed by atoms with Crippen molar-refractivity contribution in [3.05, 3.63) is 46.6 Å². The summed E-state index contributed by atoms with van der Waals surface area (Å²) in [5.74, 6) is 0.537. The van der Waals surface area contributed by atoms with Gasteiger partial charge in [-0.1, -0.05) is 25.4 Å². The first-order valence-corrected chi connectivity index (χ1v) is 9.94. The SMILES string of the molecule is CCOc1ccc(Cl)c(C(=O)NNC(=O)c2ccc(OCCC(C)C)c(OC)c2)n1. The average Bonchev–Trinajstić information content (AvgIpc) is 2.73. The normalized spacial score (nSPS) is 10.5. The quantitative estimate of drug-likeness (QED) is 0.583. The molecule has 0 fully saturated rings. The number of hydrogen-bond acceptors (Lipinski definition) is 6. The fourth-order valence-electron chi connectivity index (χ4n) is 2.39. The molecule has 0 spiro atoms. The van der Waals surface area contributed by atoms with Gasteiger partial charge >= 0.3 is 0 Å². The van der Waals surface area contributed by atoms with Gasteiger partial charge in [0.1, 0.15) is 0 Å². The monoisotopic (exact) mass is 435 g/mol. The molecule has 1 aromatic heterocycles. The second-order valence-electron chi connectivity index (χ2n) is 6.72. The molecule has 2 aromatic rings. The van der Waals surface area contributed by atoms with E-state index in [0.717, 1.165) is 6.42 Å². The Bertz CT molecular complexity index is 889. The molecule has 0 aliphatic heterocycles. The van der Waals surface area contributed by atoms with Crippen LogP contribution < -0.4 is 25.1 Å². The zero-order chi connectivity index (χ0) is 22.1. The molecular formula is C21H26ClN3O5. The third-order valence-corrected chi connectivity index (χ3v) is 4.30. The molecular weight excluding hydrogens is 410 g/mol. The Hall–Kier alpha value is -3.00. The lowest BCUT2D eigenvalue weighted by Gasteiger charge is -2.13. The topological polar surface area (TPSA) is 98.8 Å². The van der Waals surface area contributed by atoms with Crippen molar-refractivity contribution in [2.75, 3.05) is 20.3 Å². The lowest BCUT2D eigenvalue weighted by molar-refractivity contribution is 0.0843. The summed E-state index contributed by atoms with van der Waals surface area (Å²) < 4.78 is 16.3. The molecule has 2 amide bonds. The van der Waals surface area contributed by atoms with E-state index in [2.05, 4.69) is 29.7 Å². The molecule has 30 heavy (non-hydrogen) atoms. The Kier molecular flexibility index (Phi) is 8.73. The summed E-state index contributed by atoms with van der Waals surface area (Å²) in [6, 6.07) is 7.82. The number of nitrogens with zero attached hydrogens (tertiary/aromatic N) is 1. The van der Waals surface area contributed by atoms with Crippen molar-refractivity contribution in [2.45, 2.75) is 27.2 Å². The van der Waals surface area contributed by atoms with Crippen molar-refractivity contribution in [3.63, 3.8) is 0 Å². The summed E-state index contributed by atoms with van der Waals surface area (Å²) in [4.78, 5) is 28.8. The summed E-state index contributed by atoms with van der Waals surface area (Å²) in [6.45, 7) is 6.96. The molecule has 0 radical (unpaired) electrons. The van der Waals surface area contributed by atoms with Crippen LogP contribution >= 0.6 is 11.6 Å². The van der Waals surface area contributed by atoms with Crippen LogP contribution in [0.5, 0.6) is 17.4 Å². The van der Waals surface area contributed by atoms with E-state index in [9.17, 15) is 9.59 Å². The number of aromatic nitrogens is 1. The van der Waals surface area contributed by atoms with E-state index in [-0.39, 0.29) is 22.2 Å². The van der Waals surface area contributed by atoms with Gasteiger partial charge in [0, 0.05) is 11.6 Å². The molecule has 0 bridgehead atoms. The number of rotatable bonds is 9. The minimum Gasteiger partial charge on any atom is -0.493 e. The fraction of sp³-hybridized carbons (Fsp3) is 0.381. The maximum absolute atomic E-state index is 12.4. The Morgan fingerprint density at radius 1 is 1.07 bits per heavy atom. The van der Waals surface area contributed by atoms with Crippen LogP contribution in [0.25, 0.3) is 0 Å². The number of amides is 2. The molecule has 0 atom stereocenters. The summed E-state index contributed by atoms with van der Waals surface area (Å²) >= 11 is 6.02. The lowest BCUT2D eigenvalue weighted by Crippen LogP contribution is -2.42. The van der Waals surface area contributed by atoms with Gasteiger partial charge in [-0.15, -0.1) is 0 Å². The lowest BCUT2D eigenvalue weighted by atomic mass is 10.1. The van der Waals surface area contributed by atoms with E-state index >= 15 is 0 Å². The van der Waals surface area contributed by atoms with Gasteiger partial charge in [-0.05, 0) is 43.5 Å². The zero-order valence-corrected chi connectivity index (χ0v) is 18.2. The van der Waals surface area contributed by atoms with Gasteiger partial charge in [0.15, 0.2) is 17.2 Å². The highest BCUT2D eigenvalue weighted by Gasteiger charge is 2.16. The standard InChI is InChI=1S/C21H26ClN3O5/c1-5-29-18-9-7-15(22)19(23-18)21(27)25-24-20(26)14-6-8-16(17(12-14)28-4)30-11-10-13(2)3/h6-9,12-13H,5,10-11H2,1-4H3,(H,24,26)(H,25,27). The van der Waals surface area contributed by atoms with Crippen molar-refractivity contribution in [1.29, 1.82) is 0 Å². The molecule has 0 saturated carbocycles. The number of nitrogens with one attached hydrogen (secondary N) is 2. The van der Waals surface area contributed by atoms with E-state index in [1.165, 1.54) is 19.2 Å². The minimum absolute atomic E-state index is 0.0607. The summed E-state index contributed by atoms with van der Waals surface area (Å²) in [7, 11) is 1.49. The largest absolute Gasteiger partial charge is 0.493 e. The van der Waals surface area contributed by atoms with E-state index in [1.54, 1.807) is 25.1 Å². The number of ether oxygens (including phenoxy) is 3. The highest BCUT2D eigenvalue weighted by atomic mass is 35.5. The van der Waals surface area contributed by atoms with Crippen molar-refractivity contribution in [2.24, 2.45) is 5.92 Å². The Balaban J connectivity index is 2.02. The first kappa shape index (κ1) is 23.3. The van der Waals surface area contributed by atoms with Gasteiger partial charge < -0.3 is 14.2 Å². The number of halogens is 1. The zero-order valence-electron chi connectivity index (χ0n) is 17.5. The molecule has 0 saturated heterocycles. The van der Waals surface area contributed by atoms with E-state index in [1.807, 2.05) is 0 Å². The first-order valence-electron chi connectivity index (χ1n) is 9.56. The average molecular weight is 436 g/mol. The van der Waals surface area contributed by atoms with Crippen LogP contribution in [0.15, 0.2) is 30.3 Å². The number of pyridine rings is 1. The molecule has 2 rings (SSSR count). The molecule has 1 heterocycles. The molecule has 8 nitrogen and oxygen atoms in total. The number of carbonyl (C=O) groups is 2. The molecule has 2 N–H and O–H groups in total. The third-order valence-electron chi connectivity index (χ3n) is 4.00. The molecule has 0 aliphatic rings. The van der Waals surface area contributed by atoms with Crippen LogP contribution in [0.3, 0.4) is 0 Å². The minimum atomic E-state index is -0.671. The van der Waals surface area contributed by atoms with E-state index < -0.39 is 11.8 Å². The van der Waals surface area contributed by atoms with Crippen LogP contribution in [-0.4, -0.2) is 37.1 Å². The van der Waals surface area contributed by atoms with Crippen LogP contribution in [-0.2, 0) is 0 Å². The molecule has 0 unspecified atom stereocenters. The van der Waals surface area contributed by atoms with Crippen LogP contribution in [0.4, 0.5) is 0 Å². The molecule has 0 aliphatic carbocycles. The van der Waals surface area contributed by atoms with Crippen molar-refractivity contribution in [3.8, 4) is 17.4 Å². The van der Waals surface area contributed by atoms with E-state index in [4.69, 9.17) is 25.8 Å². The van der Waals surface area contributed by atoms with Crippen LogP contribution in [0.1, 0.15) is 48.0 Å². The number of hydrogen-bond donors (Lipinski definition) is 2. The van der Waals surface area contributed by atoms with Gasteiger partial charge in [-0.2, -0.15) is 0 Å². The van der Waals surface area contributed by atoms with Gasteiger partial charge in [0.2, 0.25) is 5.88 Å². The smallest absolute Gasteiger partial charge is 0.289 e. The third kappa shape index (κ3) is 6.52. The number of benzene rings is 1. The maximum atomic E-state index is 12.4. The highest BCUT2D eigenvalue weighted by molar-refractivity contribution is 6.33. The Labute approximate surface area is 180 Å². The van der Waals surface area contributed by atoms with E-state index in [0.29, 0.717) is 30.6 Å². The predicted molar refractivity (Wildman–Crippen MR) is 113 cm³/mol. The Morgan fingerprint density at radius 2 is 1.80 bits per heavy atom. The van der Waals surface area contributed by atoms with Crippen molar-refractivity contribution in [1.82, 2.24) is 15.8 Å². The maximum Gasteiger partial charge on any atom is 0.289 e. The number of hydrazine groups is 1. The second-order valence-corrected chi connectivity index (χ2v) is 7.13. The van der Waals surface area contributed by atoms with Gasteiger partial charge in [-0.25, -0.2) is 4.98 Å². The van der Waals surface area contributed by atoms with Gasteiger partial charge in [0.25, 0.3) is 11.8 Å². The highest BCUT2D eigenvalue weighted by Crippen LogP contribution is 2.28. The fourth-order valence-corrected chi connectivity index (χ4v) is 2.58.